The monoisotopic (exact) mass is 647 g/mol. The number of rotatable bonds is 10. The summed E-state index contributed by atoms with van der Waals surface area (Å²) in [5.74, 6) is -0.513. The lowest BCUT2D eigenvalue weighted by atomic mass is 9.93. The third kappa shape index (κ3) is 6.96. The molecule has 0 radical (unpaired) electrons. The first-order valence-electron chi connectivity index (χ1n) is 16.7. The highest BCUT2D eigenvalue weighted by Gasteiger charge is 2.38. The molecular weight excluding hydrogens is 600 g/mol. The zero-order chi connectivity index (χ0) is 33.3. The molecule has 9 nitrogen and oxygen atoms in total. The normalized spacial score (nSPS) is 22.4. The van der Waals surface area contributed by atoms with Gasteiger partial charge < -0.3 is 24.3 Å². The number of carbonyl (C=O) groups excluding carboxylic acids is 1. The minimum absolute atomic E-state index is 0.0472. The molecular formula is C36H47F2N7O2+2. The summed E-state index contributed by atoms with van der Waals surface area (Å²) < 4.78 is 38.2. The lowest BCUT2D eigenvalue weighted by Crippen LogP contribution is -2.53. The van der Waals surface area contributed by atoms with Crippen LogP contribution in [0.1, 0.15) is 42.1 Å². The predicted molar refractivity (Wildman–Crippen MR) is 180 cm³/mol. The van der Waals surface area contributed by atoms with E-state index in [0.717, 1.165) is 39.0 Å². The maximum atomic E-state index is 14.9. The lowest BCUT2D eigenvalue weighted by Gasteiger charge is -2.42. The van der Waals surface area contributed by atoms with Gasteiger partial charge in [0.1, 0.15) is 0 Å². The van der Waals surface area contributed by atoms with Gasteiger partial charge >= 0.3 is 0 Å². The molecule has 11 heteroatoms. The van der Waals surface area contributed by atoms with E-state index >= 15 is 0 Å². The van der Waals surface area contributed by atoms with Crippen molar-refractivity contribution in [3.8, 4) is 17.0 Å². The molecule has 2 aliphatic rings. The van der Waals surface area contributed by atoms with Crippen LogP contribution < -0.4 is 15.4 Å². The number of hydrogen-bond donors (Lipinski definition) is 2. The van der Waals surface area contributed by atoms with E-state index in [9.17, 15) is 13.6 Å². The molecule has 2 N–H and O–H groups in total. The number of nitrogens with zero attached hydrogens (tertiary/aromatic N) is 5. The topological polar surface area (TPSA) is 80.6 Å². The van der Waals surface area contributed by atoms with E-state index in [1.165, 1.54) is 64.6 Å². The van der Waals surface area contributed by atoms with Crippen LogP contribution in [0.4, 0.5) is 20.3 Å². The van der Waals surface area contributed by atoms with Gasteiger partial charge in [-0.15, -0.1) is 0 Å². The number of quaternary nitrogens is 2. The molecule has 0 bridgehead atoms. The summed E-state index contributed by atoms with van der Waals surface area (Å²) in [6, 6.07) is 8.51. The van der Waals surface area contributed by atoms with Crippen molar-refractivity contribution in [2.75, 3.05) is 72.8 Å². The maximum Gasteiger partial charge on any atom is 0.251 e. The average Bonchev–Trinajstić information content (AvgIpc) is 3.64. The van der Waals surface area contributed by atoms with Crippen LogP contribution in [0.15, 0.2) is 48.9 Å². The number of methoxy groups -OCH3 is 1. The Balaban J connectivity index is 1.09. The molecule has 4 heterocycles. The van der Waals surface area contributed by atoms with Crippen molar-refractivity contribution in [3.05, 3.63) is 71.7 Å². The molecule has 2 aliphatic heterocycles. The second kappa shape index (κ2) is 13.2. The van der Waals surface area contributed by atoms with Crippen LogP contribution in [0.2, 0.25) is 0 Å². The highest BCUT2D eigenvalue weighted by atomic mass is 19.2. The van der Waals surface area contributed by atoms with Crippen molar-refractivity contribution in [2.45, 2.75) is 32.6 Å². The van der Waals surface area contributed by atoms with Crippen LogP contribution in [0.5, 0.6) is 5.75 Å². The molecule has 1 amide bonds. The number of imidazole rings is 1. The molecule has 6 rings (SSSR count). The van der Waals surface area contributed by atoms with Gasteiger partial charge in [-0.05, 0) is 48.2 Å². The second-order valence-electron chi connectivity index (χ2n) is 14.3. The second-order valence-corrected chi connectivity index (χ2v) is 14.3. The number of likely N-dealkylation sites (tertiary alicyclic amines) is 2. The number of fused-ring (bicyclic) bond motifs is 1. The maximum absolute atomic E-state index is 14.9. The highest BCUT2D eigenvalue weighted by Crippen LogP contribution is 2.32. The molecule has 1 unspecified atom stereocenters. The van der Waals surface area contributed by atoms with E-state index in [4.69, 9.17) is 4.74 Å². The fourth-order valence-corrected chi connectivity index (χ4v) is 7.57. The van der Waals surface area contributed by atoms with Gasteiger partial charge in [0, 0.05) is 55.0 Å². The van der Waals surface area contributed by atoms with Gasteiger partial charge in [-0.2, -0.15) is 4.39 Å². The molecule has 4 aromatic rings. The first kappa shape index (κ1) is 32.8. The van der Waals surface area contributed by atoms with Crippen molar-refractivity contribution >= 4 is 23.1 Å². The van der Waals surface area contributed by atoms with Crippen molar-refractivity contribution in [1.82, 2.24) is 19.7 Å². The number of hydrogen-bond acceptors (Lipinski definition) is 5. The largest absolute Gasteiger partial charge is 0.494 e. The van der Waals surface area contributed by atoms with Crippen LogP contribution >= 0.6 is 0 Å². The Morgan fingerprint density at radius 3 is 2.49 bits per heavy atom. The first-order valence-corrected chi connectivity index (χ1v) is 16.7. The van der Waals surface area contributed by atoms with Crippen molar-refractivity contribution < 1.29 is 27.3 Å². The van der Waals surface area contributed by atoms with Gasteiger partial charge in [-0.1, -0.05) is 6.92 Å². The minimum Gasteiger partial charge on any atom is -0.494 e. The van der Waals surface area contributed by atoms with Crippen molar-refractivity contribution in [1.29, 1.82) is 0 Å². The molecule has 2 saturated heterocycles. The molecule has 0 saturated carbocycles. The third-order valence-electron chi connectivity index (χ3n) is 10.3. The Labute approximate surface area is 275 Å². The van der Waals surface area contributed by atoms with E-state index < -0.39 is 11.6 Å². The smallest absolute Gasteiger partial charge is 0.251 e. The van der Waals surface area contributed by atoms with Gasteiger partial charge in [0.15, 0.2) is 23.0 Å². The molecule has 2 aromatic carbocycles. The van der Waals surface area contributed by atoms with Crippen LogP contribution in [-0.2, 0) is 6.42 Å². The Bertz CT molecular complexity index is 1760. The van der Waals surface area contributed by atoms with E-state index in [1.54, 1.807) is 16.8 Å². The van der Waals surface area contributed by atoms with E-state index in [2.05, 4.69) is 41.7 Å². The molecule has 250 valence electrons. The summed E-state index contributed by atoms with van der Waals surface area (Å²) in [5, 5.41) is 6.52. The molecule has 0 spiro atoms. The van der Waals surface area contributed by atoms with Crippen LogP contribution in [0.25, 0.3) is 16.9 Å². The molecule has 0 aliphatic carbocycles. The number of piperidine rings is 1. The summed E-state index contributed by atoms with van der Waals surface area (Å²) >= 11 is 0. The summed E-state index contributed by atoms with van der Waals surface area (Å²) in [5.41, 5.74) is 3.23. The Kier molecular flexibility index (Phi) is 9.22. The van der Waals surface area contributed by atoms with Gasteiger partial charge in [0.25, 0.3) is 5.91 Å². The van der Waals surface area contributed by atoms with Crippen LogP contribution in [-0.4, -0.2) is 96.8 Å². The number of aromatic nitrogens is 3. The van der Waals surface area contributed by atoms with Crippen molar-refractivity contribution in [3.63, 3.8) is 0 Å². The summed E-state index contributed by atoms with van der Waals surface area (Å²) in [7, 11) is 8.40. The Morgan fingerprint density at radius 1 is 1.02 bits per heavy atom. The molecule has 1 atom stereocenters. The minimum atomic E-state index is -1.05. The van der Waals surface area contributed by atoms with E-state index in [1.807, 2.05) is 25.1 Å². The fourth-order valence-electron chi connectivity index (χ4n) is 7.57. The van der Waals surface area contributed by atoms with Crippen LogP contribution in [0, 0.1) is 23.5 Å². The number of anilines is 2. The zero-order valence-corrected chi connectivity index (χ0v) is 28.2. The number of halogens is 2. The number of benzene rings is 2. The average molecular weight is 648 g/mol. The molecule has 2 fully saturated rings. The number of aryl methyl sites for hydroxylation is 1. The highest BCUT2D eigenvalue weighted by molar-refractivity contribution is 5.96. The Morgan fingerprint density at radius 2 is 1.79 bits per heavy atom. The molecule has 47 heavy (non-hydrogen) atoms. The number of ether oxygens (including phenoxy) is 1. The van der Waals surface area contributed by atoms with E-state index in [-0.39, 0.29) is 17.2 Å². The predicted octanol–water partition coefficient (Wildman–Crippen LogP) is 5.67. The lowest BCUT2D eigenvalue weighted by molar-refractivity contribution is -0.923. The fraction of sp³-hybridized carbons (Fsp3) is 0.472. The summed E-state index contributed by atoms with van der Waals surface area (Å²) in [4.78, 5) is 22.2. The standard InChI is InChI=1S/C36H46F2N7O2/c1-6-26-19-27(42-34-35-40-21-30(43(35)15-14-39-34)29-9-10-31(47-5)33(38)32(29)37)7-8-28(26)36(46)41-20-24-12-17-45(4,18-13-24)23-25-11-16-44(2,3)22-25/h7-10,14-15,19,21,24-25H,6,11-13,16-18,20,22-23H2,1-5H3,(H-,39,41,42,46)/q+1/p+1. The molecule has 2 aromatic heterocycles. The summed E-state index contributed by atoms with van der Waals surface area (Å²) in [6.45, 7) is 8.92. The first-order chi connectivity index (χ1) is 22.5. The quantitative estimate of drug-likeness (QED) is 0.217. The van der Waals surface area contributed by atoms with Gasteiger partial charge in [0.2, 0.25) is 5.82 Å². The van der Waals surface area contributed by atoms with Crippen molar-refractivity contribution in [2.24, 2.45) is 11.8 Å². The van der Waals surface area contributed by atoms with Gasteiger partial charge in [-0.3, -0.25) is 9.20 Å². The Hall–Kier alpha value is -4.09. The number of amides is 1. The SMILES string of the molecule is CCc1cc(Nc2nccn3c(-c4ccc(OC)c(F)c4F)cnc23)ccc1C(=O)NCC1CC[N+](C)(CC2CC[N+](C)(C)C2)CC1. The number of nitrogens with one attached hydrogen (secondary N) is 2. The van der Waals surface area contributed by atoms with Gasteiger partial charge in [-0.25, -0.2) is 14.4 Å². The summed E-state index contributed by atoms with van der Waals surface area (Å²) in [6.07, 6.45) is 9.00. The van der Waals surface area contributed by atoms with Gasteiger partial charge in [0.05, 0.1) is 78.8 Å². The van der Waals surface area contributed by atoms with Crippen LogP contribution in [0.3, 0.4) is 0 Å². The van der Waals surface area contributed by atoms with E-state index in [0.29, 0.717) is 41.6 Å². The zero-order valence-electron chi connectivity index (χ0n) is 28.2. The number of carbonyl (C=O) groups is 1. The third-order valence-corrected chi connectivity index (χ3v) is 10.3.